The molecule has 1 fully saturated rings. The van der Waals surface area contributed by atoms with Crippen LogP contribution >= 0.6 is 0 Å². The Hall–Kier alpha value is -0.830. The summed E-state index contributed by atoms with van der Waals surface area (Å²) in [4.78, 5) is 7.86. The van der Waals surface area contributed by atoms with Crippen molar-refractivity contribution in [2.45, 2.75) is 39.2 Å². The molecule has 0 aliphatic carbocycles. The first kappa shape index (κ1) is 8.75. The molecule has 0 saturated carbocycles. The van der Waals surface area contributed by atoms with E-state index in [0.29, 0.717) is 6.04 Å². The summed E-state index contributed by atoms with van der Waals surface area (Å²) in [6.45, 7) is 5.26. The molecule has 72 valence electrons. The second kappa shape index (κ2) is 3.50. The number of nitrogens with zero attached hydrogens (tertiary/aromatic N) is 1. The number of aromatic nitrogens is 2. The van der Waals surface area contributed by atoms with Crippen LogP contribution in [0, 0.1) is 13.8 Å². The Bertz CT molecular complexity index is 265. The first-order chi connectivity index (χ1) is 6.27. The topological polar surface area (TPSA) is 40.7 Å². The molecule has 2 N–H and O–H groups in total. The second-order valence-electron chi connectivity index (χ2n) is 3.83. The van der Waals surface area contributed by atoms with Crippen LogP contribution in [0.1, 0.15) is 42.5 Å². The van der Waals surface area contributed by atoms with Gasteiger partial charge >= 0.3 is 0 Å². The third-order valence-electron chi connectivity index (χ3n) is 2.79. The Morgan fingerprint density at radius 1 is 1.31 bits per heavy atom. The first-order valence-electron chi connectivity index (χ1n) is 5.04. The Morgan fingerprint density at radius 2 is 2.15 bits per heavy atom. The summed E-state index contributed by atoms with van der Waals surface area (Å²) in [5.74, 6) is 1.12. The highest BCUT2D eigenvalue weighted by atomic mass is 15.0. The van der Waals surface area contributed by atoms with Gasteiger partial charge in [-0.25, -0.2) is 4.98 Å². The summed E-state index contributed by atoms with van der Waals surface area (Å²) in [6.07, 6.45) is 3.83. The van der Waals surface area contributed by atoms with E-state index in [1.54, 1.807) is 0 Å². The zero-order valence-electron chi connectivity index (χ0n) is 8.35. The number of rotatable bonds is 1. The molecule has 0 bridgehead atoms. The quantitative estimate of drug-likeness (QED) is 0.690. The summed E-state index contributed by atoms with van der Waals surface area (Å²) in [6, 6.07) is 0.459. The molecular weight excluding hydrogens is 162 g/mol. The van der Waals surface area contributed by atoms with E-state index >= 15 is 0 Å². The monoisotopic (exact) mass is 179 g/mol. The highest BCUT2D eigenvalue weighted by Crippen LogP contribution is 2.21. The van der Waals surface area contributed by atoms with Gasteiger partial charge in [0.25, 0.3) is 0 Å². The molecule has 0 aromatic carbocycles. The van der Waals surface area contributed by atoms with Gasteiger partial charge in [0.2, 0.25) is 0 Å². The largest absolute Gasteiger partial charge is 0.345 e. The minimum absolute atomic E-state index is 0.459. The Balaban J connectivity index is 2.14. The number of hydrogen-bond acceptors (Lipinski definition) is 2. The van der Waals surface area contributed by atoms with Gasteiger partial charge in [0.1, 0.15) is 5.82 Å². The lowest BCUT2D eigenvalue weighted by Crippen LogP contribution is -2.27. The van der Waals surface area contributed by atoms with Gasteiger partial charge in [-0.1, -0.05) is 6.42 Å². The van der Waals surface area contributed by atoms with E-state index in [-0.39, 0.29) is 0 Å². The van der Waals surface area contributed by atoms with Gasteiger partial charge in [-0.3, -0.25) is 0 Å². The van der Waals surface area contributed by atoms with Crippen LogP contribution in [0.2, 0.25) is 0 Å². The maximum absolute atomic E-state index is 4.52. The summed E-state index contributed by atoms with van der Waals surface area (Å²) in [5.41, 5.74) is 2.32. The lowest BCUT2D eigenvalue weighted by atomic mass is 10.0. The fourth-order valence-corrected chi connectivity index (χ4v) is 1.83. The van der Waals surface area contributed by atoms with E-state index in [2.05, 4.69) is 29.1 Å². The minimum Gasteiger partial charge on any atom is -0.345 e. The van der Waals surface area contributed by atoms with Crippen molar-refractivity contribution in [2.24, 2.45) is 0 Å². The van der Waals surface area contributed by atoms with Crippen molar-refractivity contribution in [3.05, 3.63) is 17.2 Å². The molecule has 0 radical (unpaired) electrons. The van der Waals surface area contributed by atoms with E-state index in [1.165, 1.54) is 25.0 Å². The molecule has 1 aliphatic heterocycles. The molecule has 0 amide bonds. The van der Waals surface area contributed by atoms with E-state index in [9.17, 15) is 0 Å². The maximum atomic E-state index is 4.52. The van der Waals surface area contributed by atoms with Crippen LogP contribution in [-0.2, 0) is 0 Å². The molecule has 13 heavy (non-hydrogen) atoms. The van der Waals surface area contributed by atoms with Crippen LogP contribution in [0.4, 0.5) is 0 Å². The van der Waals surface area contributed by atoms with Crippen molar-refractivity contribution in [1.29, 1.82) is 0 Å². The van der Waals surface area contributed by atoms with E-state index < -0.39 is 0 Å². The van der Waals surface area contributed by atoms with Gasteiger partial charge in [-0.05, 0) is 33.2 Å². The number of nitrogens with one attached hydrogen (secondary N) is 2. The molecule has 1 aromatic rings. The van der Waals surface area contributed by atoms with Crippen molar-refractivity contribution in [3.63, 3.8) is 0 Å². The lowest BCUT2D eigenvalue weighted by Gasteiger charge is -2.21. The Kier molecular flexibility index (Phi) is 2.36. The Labute approximate surface area is 79.0 Å². The third kappa shape index (κ3) is 1.75. The molecule has 3 nitrogen and oxygen atoms in total. The molecule has 0 spiro atoms. The molecule has 0 unspecified atom stereocenters. The maximum Gasteiger partial charge on any atom is 0.123 e. The average molecular weight is 179 g/mol. The molecule has 1 atom stereocenters. The molecule has 2 rings (SSSR count). The van der Waals surface area contributed by atoms with Gasteiger partial charge in [-0.15, -0.1) is 0 Å². The van der Waals surface area contributed by atoms with Crippen LogP contribution in [0.25, 0.3) is 0 Å². The highest BCUT2D eigenvalue weighted by Gasteiger charge is 2.17. The molecule has 3 heteroatoms. The van der Waals surface area contributed by atoms with Gasteiger partial charge in [-0.2, -0.15) is 0 Å². The predicted octanol–water partition coefficient (Wildman–Crippen LogP) is 1.84. The smallest absolute Gasteiger partial charge is 0.123 e. The van der Waals surface area contributed by atoms with Crippen molar-refractivity contribution in [2.75, 3.05) is 6.54 Å². The summed E-state index contributed by atoms with van der Waals surface area (Å²) < 4.78 is 0. The molecule has 1 saturated heterocycles. The normalized spacial score (nSPS) is 23.4. The first-order valence-corrected chi connectivity index (χ1v) is 5.04. The molecular formula is C10H17N3. The van der Waals surface area contributed by atoms with E-state index in [4.69, 9.17) is 0 Å². The van der Waals surface area contributed by atoms with Crippen LogP contribution < -0.4 is 5.32 Å². The number of hydrogen-bond donors (Lipinski definition) is 2. The average Bonchev–Trinajstić information content (AvgIpc) is 2.49. The SMILES string of the molecule is Cc1nc([C@@H]2CCCCN2)[nH]c1C. The zero-order chi connectivity index (χ0) is 9.26. The van der Waals surface area contributed by atoms with Crippen LogP contribution in [0.15, 0.2) is 0 Å². The number of piperidine rings is 1. The fourth-order valence-electron chi connectivity index (χ4n) is 1.83. The van der Waals surface area contributed by atoms with Crippen LogP contribution in [-0.4, -0.2) is 16.5 Å². The van der Waals surface area contributed by atoms with Gasteiger partial charge in [0.05, 0.1) is 11.7 Å². The predicted molar refractivity (Wildman–Crippen MR) is 52.7 cm³/mol. The van der Waals surface area contributed by atoms with Gasteiger partial charge < -0.3 is 10.3 Å². The van der Waals surface area contributed by atoms with E-state index in [0.717, 1.165) is 18.1 Å². The number of H-pyrrole nitrogens is 1. The second-order valence-corrected chi connectivity index (χ2v) is 3.83. The molecule has 1 aromatic heterocycles. The van der Waals surface area contributed by atoms with Crippen LogP contribution in [0.5, 0.6) is 0 Å². The minimum atomic E-state index is 0.459. The van der Waals surface area contributed by atoms with Crippen molar-refractivity contribution >= 4 is 0 Å². The molecule has 2 heterocycles. The highest BCUT2D eigenvalue weighted by molar-refractivity contribution is 5.13. The standard InChI is InChI=1S/C10H17N3/c1-7-8(2)13-10(12-7)9-5-3-4-6-11-9/h9,11H,3-6H2,1-2H3,(H,12,13)/t9-/m0/s1. The van der Waals surface area contributed by atoms with E-state index in [1.807, 2.05) is 0 Å². The number of aryl methyl sites for hydroxylation is 2. The Morgan fingerprint density at radius 3 is 2.69 bits per heavy atom. The van der Waals surface area contributed by atoms with Crippen molar-refractivity contribution < 1.29 is 0 Å². The summed E-state index contributed by atoms with van der Waals surface area (Å²) >= 11 is 0. The third-order valence-corrected chi connectivity index (χ3v) is 2.79. The summed E-state index contributed by atoms with van der Waals surface area (Å²) in [7, 11) is 0. The molecule has 1 aliphatic rings. The van der Waals surface area contributed by atoms with Gasteiger partial charge in [0.15, 0.2) is 0 Å². The fraction of sp³-hybridized carbons (Fsp3) is 0.700. The number of aromatic amines is 1. The zero-order valence-corrected chi connectivity index (χ0v) is 8.35. The van der Waals surface area contributed by atoms with Gasteiger partial charge in [0, 0.05) is 5.69 Å². The van der Waals surface area contributed by atoms with Crippen LogP contribution in [0.3, 0.4) is 0 Å². The summed E-state index contributed by atoms with van der Waals surface area (Å²) in [5, 5.41) is 3.48. The van der Waals surface area contributed by atoms with Crippen molar-refractivity contribution in [3.8, 4) is 0 Å². The lowest BCUT2D eigenvalue weighted by molar-refractivity contribution is 0.399. The number of imidazole rings is 1. The van der Waals surface area contributed by atoms with Crippen molar-refractivity contribution in [1.82, 2.24) is 15.3 Å².